The van der Waals surface area contributed by atoms with Crippen LogP contribution in [0.3, 0.4) is 0 Å². The molecule has 0 fully saturated rings. The average molecular weight is 399 g/mol. The van der Waals surface area contributed by atoms with Gasteiger partial charge < -0.3 is 0 Å². The van der Waals surface area contributed by atoms with Gasteiger partial charge in [0.2, 0.25) is 0 Å². The first-order chi connectivity index (χ1) is 0. The SMILES string of the molecule is [Ag].[Ag].[Ag].[As]. The molecule has 0 saturated heterocycles. The van der Waals surface area contributed by atoms with E-state index in [0.717, 1.165) is 0 Å². The van der Waals surface area contributed by atoms with E-state index in [1.54, 1.807) is 0 Å². The first-order valence-corrected chi connectivity index (χ1v) is 0. The normalized spacial score (nSPS) is 0. The van der Waals surface area contributed by atoms with Gasteiger partial charge >= 0.3 is 0 Å². The number of hydrogen-bond acceptors (Lipinski definition) is 0. The van der Waals surface area contributed by atoms with Gasteiger partial charge in [-0.05, 0) is 0 Å². The van der Waals surface area contributed by atoms with E-state index in [4.69, 9.17) is 0 Å². The van der Waals surface area contributed by atoms with E-state index < -0.39 is 0 Å². The molecule has 0 aliphatic rings. The second-order valence-electron chi connectivity index (χ2n) is 0. The van der Waals surface area contributed by atoms with Crippen molar-refractivity contribution in [3.05, 3.63) is 0 Å². The molecule has 0 nitrogen and oxygen atoms in total. The third kappa shape index (κ3) is 8.84. The predicted octanol–water partition coefficient (Wildman–Crippen LogP) is -0.388. The Bertz CT molecular complexity index is 3.25. The average Bonchev–Trinajstić information content (AvgIpc) is 0. The summed E-state index contributed by atoms with van der Waals surface area (Å²) in [6.07, 6.45) is 0. The van der Waals surface area contributed by atoms with Crippen molar-refractivity contribution in [1.29, 1.82) is 0 Å². The molecule has 38 valence electrons. The van der Waals surface area contributed by atoms with Crippen LogP contribution in [0, 0.1) is 0 Å². The minimum Gasteiger partial charge on any atom is 0 e. The summed E-state index contributed by atoms with van der Waals surface area (Å²) >= 11 is 0. The largest absolute Gasteiger partial charge is 0 e. The van der Waals surface area contributed by atoms with Crippen molar-refractivity contribution >= 4 is 18.0 Å². The molecular weight excluding hydrogens is 399 g/mol. The Morgan fingerprint density at radius 1 is 0.500 bits per heavy atom. The van der Waals surface area contributed by atoms with Crippen molar-refractivity contribution in [2.24, 2.45) is 0 Å². The van der Waals surface area contributed by atoms with E-state index in [9.17, 15) is 0 Å². The van der Waals surface area contributed by atoms with Crippen molar-refractivity contribution in [2.45, 2.75) is 0 Å². The third-order valence-electron chi connectivity index (χ3n) is 0. The van der Waals surface area contributed by atoms with Crippen molar-refractivity contribution in [3.63, 3.8) is 0 Å². The molecule has 0 bridgehead atoms. The summed E-state index contributed by atoms with van der Waals surface area (Å²) in [6.45, 7) is 0. The summed E-state index contributed by atoms with van der Waals surface area (Å²) in [4.78, 5) is 0. The fraction of sp³-hybridized carbons (Fsp3) is 0. The molecule has 0 aromatic heterocycles. The van der Waals surface area contributed by atoms with Crippen LogP contribution >= 0.6 is 0 Å². The monoisotopic (exact) mass is 396 g/mol. The van der Waals surface area contributed by atoms with E-state index in [-0.39, 0.29) is 85.1 Å². The van der Waals surface area contributed by atoms with E-state index in [2.05, 4.69) is 0 Å². The van der Waals surface area contributed by atoms with Crippen molar-refractivity contribution in [2.75, 3.05) is 0 Å². The molecule has 4 heteroatoms. The van der Waals surface area contributed by atoms with Crippen LogP contribution in [0.25, 0.3) is 0 Å². The van der Waals surface area contributed by atoms with E-state index in [1.807, 2.05) is 0 Å². The summed E-state index contributed by atoms with van der Waals surface area (Å²) in [5.74, 6) is 0. The Hall–Kier alpha value is 2.78. The maximum atomic E-state index is 0. The Labute approximate surface area is 83.7 Å². The molecule has 0 heterocycles. The topological polar surface area (TPSA) is 0 Å². The summed E-state index contributed by atoms with van der Waals surface area (Å²) in [5.41, 5.74) is 0. The Morgan fingerprint density at radius 2 is 0.500 bits per heavy atom. The zero-order chi connectivity index (χ0) is 0. The summed E-state index contributed by atoms with van der Waals surface area (Å²) in [7, 11) is 0. The maximum Gasteiger partial charge on any atom is 0 e. The van der Waals surface area contributed by atoms with Gasteiger partial charge in [-0.15, -0.1) is 0 Å². The molecule has 0 atom stereocenters. The van der Waals surface area contributed by atoms with Crippen LogP contribution in [-0.4, -0.2) is 18.0 Å². The molecule has 0 N–H and O–H groups in total. The summed E-state index contributed by atoms with van der Waals surface area (Å²) in [6, 6.07) is 0. The molecule has 0 saturated carbocycles. The molecule has 0 aromatic carbocycles. The van der Waals surface area contributed by atoms with Gasteiger partial charge in [-0.3, -0.25) is 0 Å². The Balaban J connectivity index is 0. The molecule has 6 radical (unpaired) electrons. The second-order valence-corrected chi connectivity index (χ2v) is 0. The van der Waals surface area contributed by atoms with Crippen LogP contribution in [-0.2, 0) is 67.1 Å². The predicted molar refractivity (Wildman–Crippen MR) is 5.75 cm³/mol. The van der Waals surface area contributed by atoms with Crippen LogP contribution in [0.4, 0.5) is 0 Å². The van der Waals surface area contributed by atoms with Gasteiger partial charge in [0, 0.05) is 85.1 Å². The Kier molecular flexibility index (Phi) is 125. The van der Waals surface area contributed by atoms with Crippen molar-refractivity contribution in [3.8, 4) is 0 Å². The molecule has 0 unspecified atom stereocenters. The van der Waals surface area contributed by atoms with Crippen molar-refractivity contribution < 1.29 is 67.1 Å². The molecule has 0 rings (SSSR count). The fourth-order valence-corrected chi connectivity index (χ4v) is 0. The first kappa shape index (κ1) is 29.3. The van der Waals surface area contributed by atoms with Gasteiger partial charge in [-0.25, -0.2) is 0 Å². The van der Waals surface area contributed by atoms with Crippen LogP contribution in [0.15, 0.2) is 0 Å². The van der Waals surface area contributed by atoms with Crippen LogP contribution in [0.1, 0.15) is 0 Å². The minimum absolute atomic E-state index is 0. The van der Waals surface area contributed by atoms with Gasteiger partial charge in [0.05, 0.1) is 0 Å². The first-order valence-electron chi connectivity index (χ1n) is 0. The minimum atomic E-state index is 0. The molecule has 0 aliphatic carbocycles. The van der Waals surface area contributed by atoms with Gasteiger partial charge in [0.15, 0.2) is 0 Å². The van der Waals surface area contributed by atoms with Gasteiger partial charge in [0.1, 0.15) is 0 Å². The van der Waals surface area contributed by atoms with E-state index in [0.29, 0.717) is 0 Å². The van der Waals surface area contributed by atoms with Gasteiger partial charge in [-0.2, -0.15) is 0 Å². The summed E-state index contributed by atoms with van der Waals surface area (Å²) < 4.78 is 0. The van der Waals surface area contributed by atoms with Gasteiger partial charge in [0.25, 0.3) is 0 Å². The molecular formula is Ag3As. The number of rotatable bonds is 0. The smallest absolute Gasteiger partial charge is 0 e. The maximum absolute atomic E-state index is 0. The second kappa shape index (κ2) is 17.1. The molecule has 0 aliphatic heterocycles. The van der Waals surface area contributed by atoms with Crippen LogP contribution in [0.2, 0.25) is 0 Å². The van der Waals surface area contributed by atoms with Crippen LogP contribution < -0.4 is 0 Å². The van der Waals surface area contributed by atoms with Crippen molar-refractivity contribution in [1.82, 2.24) is 0 Å². The molecule has 4 heavy (non-hydrogen) atoms. The molecule has 0 spiro atoms. The zero-order valence-electron chi connectivity index (χ0n) is 1.35. The third-order valence-corrected chi connectivity index (χ3v) is 0. The molecule has 0 amide bonds. The summed E-state index contributed by atoms with van der Waals surface area (Å²) in [5, 5.41) is 0. The standard InChI is InChI=1S/3Ag.As. The quantitative estimate of drug-likeness (QED) is 0.488. The number of hydrogen-bond donors (Lipinski definition) is 0. The zero-order valence-corrected chi connectivity index (χ0v) is 7.68. The van der Waals surface area contributed by atoms with Gasteiger partial charge in [-0.1, -0.05) is 0 Å². The fourth-order valence-electron chi connectivity index (χ4n) is 0. The Morgan fingerprint density at radius 3 is 0.500 bits per heavy atom. The van der Waals surface area contributed by atoms with E-state index >= 15 is 0 Å². The van der Waals surface area contributed by atoms with E-state index in [1.165, 1.54) is 0 Å². The molecule has 0 aromatic rings. The van der Waals surface area contributed by atoms with Crippen LogP contribution in [0.5, 0.6) is 0 Å².